The third-order valence-corrected chi connectivity index (χ3v) is 6.93. The number of carbonyl (C=O) groups is 1. The fourth-order valence-electron chi connectivity index (χ4n) is 2.45. The summed E-state index contributed by atoms with van der Waals surface area (Å²) in [6.45, 7) is 0. The minimum atomic E-state index is -3.37. The normalized spacial score (nSPS) is 11.4. The average Bonchev–Trinajstić information content (AvgIpc) is 3.11. The molecule has 2 aromatic carbocycles. The van der Waals surface area contributed by atoms with Crippen molar-refractivity contribution in [3.8, 4) is 11.3 Å². The van der Waals surface area contributed by atoms with Crippen LogP contribution in [0.4, 0.5) is 5.13 Å². The van der Waals surface area contributed by atoms with Crippen LogP contribution >= 0.6 is 34.5 Å². The van der Waals surface area contributed by atoms with E-state index < -0.39 is 15.7 Å². The zero-order valence-corrected chi connectivity index (χ0v) is 17.7. The molecule has 0 fully saturated rings. The zero-order valence-electron chi connectivity index (χ0n) is 14.6. The standard InChI is InChI=1S/C19H16Cl2N2O3S2/c20-15-7-6-14(10-16(15)21)17-11-27-19(22-17)23-18(24)8-9-28(25,26)12-13-4-2-1-3-5-13/h1-7,10-11H,8-9,12H2,(H,22,23,24). The molecule has 0 aliphatic carbocycles. The van der Waals surface area contributed by atoms with Crippen molar-refractivity contribution in [1.82, 2.24) is 4.98 Å². The first-order chi connectivity index (χ1) is 13.3. The lowest BCUT2D eigenvalue weighted by Gasteiger charge is -2.05. The molecule has 5 nitrogen and oxygen atoms in total. The van der Waals surface area contributed by atoms with Crippen LogP contribution < -0.4 is 5.32 Å². The number of benzene rings is 2. The van der Waals surface area contributed by atoms with Crippen molar-refractivity contribution in [2.75, 3.05) is 11.1 Å². The lowest BCUT2D eigenvalue weighted by atomic mass is 10.2. The summed E-state index contributed by atoms with van der Waals surface area (Å²) in [5, 5.41) is 5.68. The van der Waals surface area contributed by atoms with E-state index in [-0.39, 0.29) is 17.9 Å². The van der Waals surface area contributed by atoms with Gasteiger partial charge in [0.15, 0.2) is 15.0 Å². The molecule has 3 aromatic rings. The highest BCUT2D eigenvalue weighted by Gasteiger charge is 2.16. The first kappa shape index (κ1) is 20.8. The highest BCUT2D eigenvalue weighted by molar-refractivity contribution is 7.90. The van der Waals surface area contributed by atoms with Gasteiger partial charge >= 0.3 is 0 Å². The molecular weight excluding hydrogens is 439 g/mol. The van der Waals surface area contributed by atoms with Gasteiger partial charge in [0, 0.05) is 17.4 Å². The molecule has 0 aliphatic heterocycles. The zero-order chi connectivity index (χ0) is 20.1. The van der Waals surface area contributed by atoms with Gasteiger partial charge in [0.1, 0.15) is 0 Å². The Morgan fingerprint density at radius 3 is 2.54 bits per heavy atom. The first-order valence-corrected chi connectivity index (χ1v) is 11.7. The minimum Gasteiger partial charge on any atom is -0.302 e. The highest BCUT2D eigenvalue weighted by Crippen LogP contribution is 2.30. The highest BCUT2D eigenvalue weighted by atomic mass is 35.5. The van der Waals surface area contributed by atoms with E-state index in [4.69, 9.17) is 23.2 Å². The van der Waals surface area contributed by atoms with E-state index in [0.717, 1.165) is 5.56 Å². The topological polar surface area (TPSA) is 76.1 Å². The molecule has 1 aromatic heterocycles. The van der Waals surface area contributed by atoms with Crippen LogP contribution in [-0.2, 0) is 20.4 Å². The van der Waals surface area contributed by atoms with Crippen LogP contribution in [0, 0.1) is 0 Å². The molecule has 0 unspecified atom stereocenters. The van der Waals surface area contributed by atoms with Gasteiger partial charge in [-0.05, 0) is 17.7 Å². The number of thiazole rings is 1. The Hall–Kier alpha value is -1.93. The number of carbonyl (C=O) groups excluding carboxylic acids is 1. The SMILES string of the molecule is O=C(CCS(=O)(=O)Cc1ccccc1)Nc1nc(-c2ccc(Cl)c(Cl)c2)cs1. The van der Waals surface area contributed by atoms with Crippen LogP contribution in [-0.4, -0.2) is 25.1 Å². The number of anilines is 1. The molecule has 0 radical (unpaired) electrons. The van der Waals surface area contributed by atoms with Crippen LogP contribution in [0.1, 0.15) is 12.0 Å². The lowest BCUT2D eigenvalue weighted by molar-refractivity contribution is -0.115. The number of hydrogen-bond acceptors (Lipinski definition) is 5. The third-order valence-electron chi connectivity index (χ3n) is 3.84. The van der Waals surface area contributed by atoms with Crippen LogP contribution in [0.3, 0.4) is 0 Å². The molecule has 0 aliphatic rings. The molecule has 0 saturated heterocycles. The van der Waals surface area contributed by atoms with Crippen molar-refractivity contribution >= 4 is 55.4 Å². The Morgan fingerprint density at radius 1 is 1.07 bits per heavy atom. The fourth-order valence-corrected chi connectivity index (χ4v) is 4.82. The minimum absolute atomic E-state index is 0.0835. The van der Waals surface area contributed by atoms with Crippen LogP contribution in [0.25, 0.3) is 11.3 Å². The number of nitrogens with one attached hydrogen (secondary N) is 1. The van der Waals surface area contributed by atoms with Crippen molar-refractivity contribution < 1.29 is 13.2 Å². The monoisotopic (exact) mass is 454 g/mol. The van der Waals surface area contributed by atoms with E-state index in [9.17, 15) is 13.2 Å². The summed E-state index contributed by atoms with van der Waals surface area (Å²) < 4.78 is 24.4. The second-order valence-corrected chi connectivity index (χ2v) is 9.90. The van der Waals surface area contributed by atoms with Crippen LogP contribution in [0.15, 0.2) is 53.9 Å². The summed E-state index contributed by atoms with van der Waals surface area (Å²) in [6, 6.07) is 14.0. The Labute approximate surface area is 177 Å². The molecule has 1 amide bonds. The fraction of sp³-hybridized carbons (Fsp3) is 0.158. The molecule has 0 spiro atoms. The number of amides is 1. The summed E-state index contributed by atoms with van der Waals surface area (Å²) in [7, 11) is -3.37. The molecule has 9 heteroatoms. The smallest absolute Gasteiger partial charge is 0.227 e. The molecule has 3 rings (SSSR count). The molecular formula is C19H16Cl2N2O3S2. The van der Waals surface area contributed by atoms with E-state index >= 15 is 0 Å². The lowest BCUT2D eigenvalue weighted by Crippen LogP contribution is -2.18. The predicted molar refractivity (Wildman–Crippen MR) is 115 cm³/mol. The Bertz CT molecular complexity index is 1080. The van der Waals surface area contributed by atoms with Gasteiger partial charge in [0.2, 0.25) is 5.91 Å². The predicted octanol–water partition coefficient (Wildman–Crippen LogP) is 5.06. The number of sulfone groups is 1. The number of rotatable bonds is 7. The quantitative estimate of drug-likeness (QED) is 0.540. The van der Waals surface area contributed by atoms with Crippen molar-refractivity contribution in [1.29, 1.82) is 0 Å². The molecule has 0 atom stereocenters. The average molecular weight is 455 g/mol. The van der Waals surface area contributed by atoms with E-state index in [1.807, 2.05) is 6.07 Å². The number of hydrogen-bond donors (Lipinski definition) is 1. The molecule has 1 heterocycles. The summed E-state index contributed by atoms with van der Waals surface area (Å²) >= 11 is 13.2. The van der Waals surface area contributed by atoms with Crippen molar-refractivity contribution in [2.24, 2.45) is 0 Å². The van der Waals surface area contributed by atoms with Gasteiger partial charge < -0.3 is 5.32 Å². The molecule has 0 bridgehead atoms. The van der Waals surface area contributed by atoms with E-state index in [2.05, 4.69) is 10.3 Å². The Kier molecular flexibility index (Phi) is 6.72. The molecule has 1 N–H and O–H groups in total. The van der Waals surface area contributed by atoms with E-state index in [1.165, 1.54) is 11.3 Å². The van der Waals surface area contributed by atoms with Crippen molar-refractivity contribution in [2.45, 2.75) is 12.2 Å². The molecule has 146 valence electrons. The van der Waals surface area contributed by atoms with Crippen LogP contribution in [0.5, 0.6) is 0 Å². The van der Waals surface area contributed by atoms with Crippen molar-refractivity contribution in [3.63, 3.8) is 0 Å². The summed E-state index contributed by atoms with van der Waals surface area (Å²) in [5.41, 5.74) is 2.13. The summed E-state index contributed by atoms with van der Waals surface area (Å²) in [6.07, 6.45) is -0.128. The number of halogens is 2. The number of aromatic nitrogens is 1. The Morgan fingerprint density at radius 2 is 1.82 bits per heavy atom. The van der Waals surface area contributed by atoms with Gasteiger partial charge in [-0.15, -0.1) is 11.3 Å². The summed E-state index contributed by atoms with van der Waals surface area (Å²) in [5.74, 6) is -0.704. The third kappa shape index (κ3) is 5.78. The largest absolute Gasteiger partial charge is 0.302 e. The van der Waals surface area contributed by atoms with Gasteiger partial charge in [-0.1, -0.05) is 59.6 Å². The van der Waals surface area contributed by atoms with Gasteiger partial charge in [0.05, 0.1) is 27.2 Å². The van der Waals surface area contributed by atoms with Gasteiger partial charge in [-0.25, -0.2) is 13.4 Å². The maximum Gasteiger partial charge on any atom is 0.227 e. The van der Waals surface area contributed by atoms with E-state index in [1.54, 1.807) is 47.8 Å². The Balaban J connectivity index is 1.56. The second-order valence-electron chi connectivity index (χ2n) is 6.04. The maximum atomic E-state index is 12.2. The van der Waals surface area contributed by atoms with E-state index in [0.29, 0.717) is 26.4 Å². The van der Waals surface area contributed by atoms with Gasteiger partial charge in [0.25, 0.3) is 0 Å². The first-order valence-electron chi connectivity index (χ1n) is 8.27. The van der Waals surface area contributed by atoms with Gasteiger partial charge in [-0.2, -0.15) is 0 Å². The summed E-state index contributed by atoms with van der Waals surface area (Å²) in [4.78, 5) is 16.4. The molecule has 0 saturated carbocycles. The second kappa shape index (κ2) is 9.05. The maximum absolute atomic E-state index is 12.2. The van der Waals surface area contributed by atoms with Crippen LogP contribution in [0.2, 0.25) is 10.0 Å². The van der Waals surface area contributed by atoms with Crippen molar-refractivity contribution in [3.05, 3.63) is 69.5 Å². The number of nitrogens with zero attached hydrogens (tertiary/aromatic N) is 1. The molecule has 28 heavy (non-hydrogen) atoms. The van der Waals surface area contributed by atoms with Gasteiger partial charge in [-0.3, -0.25) is 4.79 Å².